The van der Waals surface area contributed by atoms with E-state index in [0.717, 1.165) is 11.3 Å². The lowest BCUT2D eigenvalue weighted by Gasteiger charge is -2.14. The van der Waals surface area contributed by atoms with E-state index in [9.17, 15) is 4.79 Å². The third-order valence-corrected chi connectivity index (χ3v) is 4.03. The highest BCUT2D eigenvalue weighted by atomic mass is 127. The molecule has 0 aliphatic carbocycles. The number of ether oxygens (including phenoxy) is 2. The zero-order valence-electron chi connectivity index (χ0n) is 17.3. The Morgan fingerprint density at radius 2 is 1.87 bits per heavy atom. The largest absolute Gasteiger partial charge is 0.497 e. The fraction of sp³-hybridized carbons (Fsp3) is 0.273. The van der Waals surface area contributed by atoms with Gasteiger partial charge < -0.3 is 25.4 Å². The molecule has 1 amide bonds. The van der Waals surface area contributed by atoms with Gasteiger partial charge in [-0.15, -0.1) is 24.0 Å². The number of nitrogens with one attached hydrogen (secondary N) is 3. The fourth-order valence-corrected chi connectivity index (χ4v) is 2.56. The minimum Gasteiger partial charge on any atom is -0.497 e. The van der Waals surface area contributed by atoms with Gasteiger partial charge >= 0.3 is 0 Å². The number of amides is 1. The number of aliphatic imine (C=N–C) groups is 1. The molecule has 0 heterocycles. The van der Waals surface area contributed by atoms with Crippen LogP contribution in [0.5, 0.6) is 11.5 Å². The summed E-state index contributed by atoms with van der Waals surface area (Å²) in [7, 11) is 3.27. The SMILES string of the molecule is C=CCOc1ccccc1CNC(=NC)NCCNC(=O)c1cccc(OC)c1.I. The highest BCUT2D eigenvalue weighted by Gasteiger charge is 2.07. The molecule has 7 nitrogen and oxygen atoms in total. The van der Waals surface area contributed by atoms with E-state index in [2.05, 4.69) is 27.5 Å². The molecule has 30 heavy (non-hydrogen) atoms. The maximum absolute atomic E-state index is 12.2. The zero-order valence-corrected chi connectivity index (χ0v) is 19.6. The summed E-state index contributed by atoms with van der Waals surface area (Å²) < 4.78 is 10.8. The van der Waals surface area contributed by atoms with E-state index in [1.807, 2.05) is 24.3 Å². The first-order valence-corrected chi connectivity index (χ1v) is 9.36. The number of halogens is 1. The Bertz CT molecular complexity index is 843. The predicted octanol–water partition coefficient (Wildman–Crippen LogP) is 2.97. The molecular formula is C22H29IN4O3. The zero-order chi connectivity index (χ0) is 20.9. The van der Waals surface area contributed by atoms with Crippen molar-refractivity contribution in [1.82, 2.24) is 16.0 Å². The molecule has 0 spiro atoms. The van der Waals surface area contributed by atoms with Crippen molar-refractivity contribution in [2.75, 3.05) is 33.9 Å². The second-order valence-corrected chi connectivity index (χ2v) is 6.05. The molecule has 0 saturated carbocycles. The lowest BCUT2D eigenvalue weighted by atomic mass is 10.2. The second kappa shape index (κ2) is 14.3. The van der Waals surface area contributed by atoms with Crippen LogP contribution in [0.2, 0.25) is 0 Å². The first-order chi connectivity index (χ1) is 14.2. The maximum Gasteiger partial charge on any atom is 0.251 e. The number of guanidine groups is 1. The average molecular weight is 524 g/mol. The number of rotatable bonds is 10. The van der Waals surface area contributed by atoms with E-state index < -0.39 is 0 Å². The van der Waals surface area contributed by atoms with E-state index >= 15 is 0 Å². The van der Waals surface area contributed by atoms with Crippen molar-refractivity contribution in [3.05, 3.63) is 72.3 Å². The first-order valence-electron chi connectivity index (χ1n) is 9.36. The Labute approximate surface area is 195 Å². The van der Waals surface area contributed by atoms with Crippen LogP contribution >= 0.6 is 24.0 Å². The smallest absolute Gasteiger partial charge is 0.251 e. The first kappa shape index (κ1) is 25.3. The maximum atomic E-state index is 12.2. The van der Waals surface area contributed by atoms with Gasteiger partial charge in [0, 0.05) is 37.8 Å². The quantitative estimate of drug-likeness (QED) is 0.146. The number of para-hydroxylation sites is 1. The Hall–Kier alpha value is -2.75. The number of hydrogen-bond acceptors (Lipinski definition) is 4. The van der Waals surface area contributed by atoms with Crippen LogP contribution in [-0.2, 0) is 6.54 Å². The molecule has 3 N–H and O–H groups in total. The van der Waals surface area contributed by atoms with Crippen LogP contribution in [0.3, 0.4) is 0 Å². The highest BCUT2D eigenvalue weighted by Crippen LogP contribution is 2.17. The van der Waals surface area contributed by atoms with Crippen LogP contribution < -0.4 is 25.4 Å². The van der Waals surface area contributed by atoms with Crippen LogP contribution in [0.4, 0.5) is 0 Å². The van der Waals surface area contributed by atoms with Crippen molar-refractivity contribution in [2.45, 2.75) is 6.54 Å². The number of benzene rings is 2. The molecule has 0 aliphatic heterocycles. The van der Waals surface area contributed by atoms with Crippen LogP contribution in [0.1, 0.15) is 15.9 Å². The van der Waals surface area contributed by atoms with Gasteiger partial charge in [0.05, 0.1) is 7.11 Å². The molecule has 0 unspecified atom stereocenters. The van der Waals surface area contributed by atoms with E-state index in [1.165, 1.54) is 0 Å². The van der Waals surface area contributed by atoms with Gasteiger partial charge in [0.25, 0.3) is 5.91 Å². The monoisotopic (exact) mass is 524 g/mol. The Morgan fingerprint density at radius 3 is 2.60 bits per heavy atom. The minimum atomic E-state index is -0.151. The summed E-state index contributed by atoms with van der Waals surface area (Å²) in [5, 5.41) is 9.28. The van der Waals surface area contributed by atoms with E-state index in [-0.39, 0.29) is 29.9 Å². The molecule has 2 aromatic rings. The minimum absolute atomic E-state index is 0. The molecule has 0 fully saturated rings. The Balaban J connectivity index is 0.00000450. The summed E-state index contributed by atoms with van der Waals surface area (Å²) >= 11 is 0. The molecule has 0 radical (unpaired) electrons. The van der Waals surface area contributed by atoms with Crippen LogP contribution in [0, 0.1) is 0 Å². The molecule has 162 valence electrons. The number of nitrogens with zero attached hydrogens (tertiary/aromatic N) is 1. The van der Waals surface area contributed by atoms with Crippen molar-refractivity contribution < 1.29 is 14.3 Å². The van der Waals surface area contributed by atoms with Gasteiger partial charge in [-0.05, 0) is 24.3 Å². The molecule has 0 saturated heterocycles. The summed E-state index contributed by atoms with van der Waals surface area (Å²) in [6.07, 6.45) is 1.71. The third kappa shape index (κ3) is 8.32. The predicted molar refractivity (Wildman–Crippen MR) is 131 cm³/mol. The molecule has 0 atom stereocenters. The Morgan fingerprint density at radius 1 is 1.10 bits per heavy atom. The molecule has 8 heteroatoms. The third-order valence-electron chi connectivity index (χ3n) is 4.03. The van der Waals surface area contributed by atoms with Crippen molar-refractivity contribution >= 4 is 35.8 Å². The Kier molecular flexibility index (Phi) is 12.0. The van der Waals surface area contributed by atoms with Crippen molar-refractivity contribution in [3.63, 3.8) is 0 Å². The number of carbonyl (C=O) groups is 1. The summed E-state index contributed by atoms with van der Waals surface area (Å²) in [6, 6.07) is 14.8. The van der Waals surface area contributed by atoms with Gasteiger partial charge in [-0.25, -0.2) is 0 Å². The lowest BCUT2D eigenvalue weighted by Crippen LogP contribution is -2.41. The number of hydrogen-bond donors (Lipinski definition) is 3. The molecule has 0 bridgehead atoms. The van der Waals surface area contributed by atoms with Crippen LogP contribution in [0.25, 0.3) is 0 Å². The van der Waals surface area contributed by atoms with Gasteiger partial charge in [-0.3, -0.25) is 9.79 Å². The fourth-order valence-electron chi connectivity index (χ4n) is 2.56. The van der Waals surface area contributed by atoms with Crippen molar-refractivity contribution in [1.29, 1.82) is 0 Å². The number of carbonyl (C=O) groups excluding carboxylic acids is 1. The van der Waals surface area contributed by atoms with Crippen molar-refractivity contribution in [2.24, 2.45) is 4.99 Å². The van der Waals surface area contributed by atoms with Gasteiger partial charge in [-0.2, -0.15) is 0 Å². The normalized spacial score (nSPS) is 10.4. The summed E-state index contributed by atoms with van der Waals surface area (Å²) in [5.74, 6) is 1.94. The van der Waals surface area contributed by atoms with Crippen LogP contribution in [-0.4, -0.2) is 45.7 Å². The van der Waals surface area contributed by atoms with Crippen molar-refractivity contribution in [3.8, 4) is 11.5 Å². The van der Waals surface area contributed by atoms with E-state index in [4.69, 9.17) is 9.47 Å². The molecular weight excluding hydrogens is 495 g/mol. The molecule has 2 aromatic carbocycles. The second-order valence-electron chi connectivity index (χ2n) is 6.05. The van der Waals surface area contributed by atoms with Gasteiger partial charge in [0.1, 0.15) is 18.1 Å². The van der Waals surface area contributed by atoms with Gasteiger partial charge in [-0.1, -0.05) is 36.9 Å². The molecule has 2 rings (SSSR count). The van der Waals surface area contributed by atoms with Crippen LogP contribution in [0.15, 0.2) is 66.2 Å². The lowest BCUT2D eigenvalue weighted by molar-refractivity contribution is 0.0954. The molecule has 0 aromatic heterocycles. The van der Waals surface area contributed by atoms with Gasteiger partial charge in [0.15, 0.2) is 5.96 Å². The van der Waals surface area contributed by atoms with E-state index in [1.54, 1.807) is 44.5 Å². The van der Waals surface area contributed by atoms with E-state index in [0.29, 0.717) is 43.5 Å². The summed E-state index contributed by atoms with van der Waals surface area (Å²) in [4.78, 5) is 16.4. The number of methoxy groups -OCH3 is 1. The summed E-state index contributed by atoms with van der Waals surface area (Å²) in [6.45, 7) is 5.67. The summed E-state index contributed by atoms with van der Waals surface area (Å²) in [5.41, 5.74) is 1.58. The highest BCUT2D eigenvalue weighted by molar-refractivity contribution is 14.0. The standard InChI is InChI=1S/C22H28N4O3.HI/c1-4-14-29-20-11-6-5-8-18(20)16-26-22(23-2)25-13-12-24-21(27)17-9-7-10-19(15-17)28-3;/h4-11,15H,1,12-14,16H2,2-3H3,(H,24,27)(H2,23,25,26);1H. The topological polar surface area (TPSA) is 84.0 Å². The van der Waals surface area contributed by atoms with Gasteiger partial charge in [0.2, 0.25) is 0 Å². The average Bonchev–Trinajstić information content (AvgIpc) is 2.77. The molecule has 0 aliphatic rings.